The SMILES string of the molecule is CSc1ncc(C=O)c(Nc2ccn(C)n2)n1. The van der Waals surface area contributed by atoms with Crippen molar-refractivity contribution in [2.75, 3.05) is 11.6 Å². The van der Waals surface area contributed by atoms with E-state index in [9.17, 15) is 4.79 Å². The van der Waals surface area contributed by atoms with Gasteiger partial charge in [0, 0.05) is 25.5 Å². The second-order valence-corrected chi connectivity index (χ2v) is 4.05. The predicted octanol–water partition coefficient (Wildman–Crippen LogP) is 1.49. The normalized spacial score (nSPS) is 10.2. The summed E-state index contributed by atoms with van der Waals surface area (Å²) in [6.07, 6.45) is 5.90. The van der Waals surface area contributed by atoms with Crippen LogP contribution in [0.1, 0.15) is 10.4 Å². The van der Waals surface area contributed by atoms with E-state index < -0.39 is 0 Å². The lowest BCUT2D eigenvalue weighted by molar-refractivity contribution is 0.112. The maximum Gasteiger partial charge on any atom is 0.189 e. The second kappa shape index (κ2) is 4.96. The molecule has 0 amide bonds. The number of thioether (sulfide) groups is 1. The largest absolute Gasteiger partial charge is 0.323 e. The Kier molecular flexibility index (Phi) is 3.38. The average Bonchev–Trinajstić information content (AvgIpc) is 2.74. The summed E-state index contributed by atoms with van der Waals surface area (Å²) in [6, 6.07) is 1.80. The molecule has 7 heteroatoms. The van der Waals surface area contributed by atoms with E-state index in [1.165, 1.54) is 18.0 Å². The van der Waals surface area contributed by atoms with Crippen LogP contribution in [0.5, 0.6) is 0 Å². The number of hydrogen-bond donors (Lipinski definition) is 1. The first-order valence-electron chi connectivity index (χ1n) is 4.86. The van der Waals surface area contributed by atoms with Gasteiger partial charge in [-0.15, -0.1) is 0 Å². The van der Waals surface area contributed by atoms with Crippen molar-refractivity contribution in [2.45, 2.75) is 5.16 Å². The number of aromatic nitrogens is 4. The van der Waals surface area contributed by atoms with Gasteiger partial charge >= 0.3 is 0 Å². The van der Waals surface area contributed by atoms with Gasteiger partial charge in [-0.2, -0.15) is 5.10 Å². The lowest BCUT2D eigenvalue weighted by atomic mass is 10.3. The number of carbonyl (C=O) groups is 1. The molecule has 88 valence electrons. The molecule has 0 atom stereocenters. The van der Waals surface area contributed by atoms with Crippen LogP contribution in [0.15, 0.2) is 23.6 Å². The monoisotopic (exact) mass is 249 g/mol. The molecule has 2 aromatic heterocycles. The molecule has 0 aromatic carbocycles. The summed E-state index contributed by atoms with van der Waals surface area (Å²) in [6.45, 7) is 0. The highest BCUT2D eigenvalue weighted by molar-refractivity contribution is 7.98. The van der Waals surface area contributed by atoms with Gasteiger partial charge in [-0.1, -0.05) is 11.8 Å². The fourth-order valence-corrected chi connectivity index (χ4v) is 1.60. The van der Waals surface area contributed by atoms with Crippen LogP contribution in [-0.2, 0) is 7.05 Å². The number of hydrogen-bond acceptors (Lipinski definition) is 6. The van der Waals surface area contributed by atoms with Crippen molar-refractivity contribution in [1.82, 2.24) is 19.7 Å². The fraction of sp³-hybridized carbons (Fsp3) is 0.200. The lowest BCUT2D eigenvalue weighted by Gasteiger charge is -2.05. The molecule has 0 aliphatic rings. The van der Waals surface area contributed by atoms with Crippen LogP contribution in [0.25, 0.3) is 0 Å². The standard InChI is InChI=1S/C10H11N5OS/c1-15-4-3-8(14-15)12-9-7(6-16)5-11-10(13-9)17-2/h3-6H,1-2H3,(H,11,12,13,14). The zero-order chi connectivity index (χ0) is 12.3. The van der Waals surface area contributed by atoms with E-state index in [1.54, 1.807) is 16.9 Å². The van der Waals surface area contributed by atoms with E-state index in [1.807, 2.05) is 13.3 Å². The van der Waals surface area contributed by atoms with E-state index in [0.29, 0.717) is 22.4 Å². The summed E-state index contributed by atoms with van der Waals surface area (Å²) >= 11 is 1.41. The molecule has 1 N–H and O–H groups in total. The van der Waals surface area contributed by atoms with Gasteiger partial charge in [0.1, 0.15) is 5.82 Å². The maximum absolute atomic E-state index is 10.9. The molecule has 2 rings (SSSR count). The van der Waals surface area contributed by atoms with Crippen molar-refractivity contribution >= 4 is 29.7 Å². The third-order valence-electron chi connectivity index (χ3n) is 2.06. The van der Waals surface area contributed by atoms with Crippen LogP contribution in [0.2, 0.25) is 0 Å². The zero-order valence-corrected chi connectivity index (χ0v) is 10.2. The molecule has 6 nitrogen and oxygen atoms in total. The number of aryl methyl sites for hydroxylation is 1. The van der Waals surface area contributed by atoms with Crippen molar-refractivity contribution in [1.29, 1.82) is 0 Å². The molecule has 2 heterocycles. The highest BCUT2D eigenvalue weighted by atomic mass is 32.2. The topological polar surface area (TPSA) is 72.7 Å². The Morgan fingerprint density at radius 3 is 2.94 bits per heavy atom. The van der Waals surface area contributed by atoms with Crippen molar-refractivity contribution in [3.63, 3.8) is 0 Å². The fourth-order valence-electron chi connectivity index (χ4n) is 1.26. The molecule has 0 unspecified atom stereocenters. The molecule has 0 spiro atoms. The number of anilines is 2. The van der Waals surface area contributed by atoms with Crippen molar-refractivity contribution in [3.8, 4) is 0 Å². The van der Waals surface area contributed by atoms with Gasteiger partial charge in [0.05, 0.1) is 5.56 Å². The molecule has 0 saturated carbocycles. The Morgan fingerprint density at radius 2 is 2.35 bits per heavy atom. The third-order valence-corrected chi connectivity index (χ3v) is 2.63. The van der Waals surface area contributed by atoms with Crippen LogP contribution in [0, 0.1) is 0 Å². The van der Waals surface area contributed by atoms with Crippen LogP contribution in [0.3, 0.4) is 0 Å². The summed E-state index contributed by atoms with van der Waals surface area (Å²) in [5.74, 6) is 1.11. The molecule has 0 aliphatic carbocycles. The summed E-state index contributed by atoms with van der Waals surface area (Å²) in [5, 5.41) is 7.76. The van der Waals surface area contributed by atoms with E-state index in [-0.39, 0.29) is 0 Å². The number of nitrogens with one attached hydrogen (secondary N) is 1. The van der Waals surface area contributed by atoms with E-state index in [4.69, 9.17) is 0 Å². The van der Waals surface area contributed by atoms with Gasteiger partial charge < -0.3 is 5.32 Å². The number of carbonyl (C=O) groups excluding carboxylic acids is 1. The van der Waals surface area contributed by atoms with E-state index in [2.05, 4.69) is 20.4 Å². The molecule has 2 aromatic rings. The van der Waals surface area contributed by atoms with Gasteiger partial charge in [-0.3, -0.25) is 9.48 Å². The smallest absolute Gasteiger partial charge is 0.189 e. The maximum atomic E-state index is 10.9. The minimum atomic E-state index is 0.411. The van der Waals surface area contributed by atoms with Crippen LogP contribution >= 0.6 is 11.8 Å². The van der Waals surface area contributed by atoms with Crippen LogP contribution in [-0.4, -0.2) is 32.3 Å². The lowest BCUT2D eigenvalue weighted by Crippen LogP contribution is -2.02. The molecular weight excluding hydrogens is 238 g/mol. The molecule has 17 heavy (non-hydrogen) atoms. The predicted molar refractivity (Wildman–Crippen MR) is 65.7 cm³/mol. The summed E-state index contributed by atoms with van der Waals surface area (Å²) < 4.78 is 1.67. The highest BCUT2D eigenvalue weighted by Crippen LogP contribution is 2.18. The number of aldehydes is 1. The zero-order valence-electron chi connectivity index (χ0n) is 9.41. The molecule has 0 fully saturated rings. The van der Waals surface area contributed by atoms with Crippen molar-refractivity contribution in [2.24, 2.45) is 7.05 Å². The van der Waals surface area contributed by atoms with Gasteiger partial charge in [-0.05, 0) is 6.26 Å². The first-order valence-corrected chi connectivity index (χ1v) is 6.08. The minimum Gasteiger partial charge on any atom is -0.323 e. The van der Waals surface area contributed by atoms with E-state index in [0.717, 1.165) is 6.29 Å². The second-order valence-electron chi connectivity index (χ2n) is 3.28. The highest BCUT2D eigenvalue weighted by Gasteiger charge is 2.07. The first kappa shape index (κ1) is 11.6. The van der Waals surface area contributed by atoms with Crippen LogP contribution < -0.4 is 5.32 Å². The third kappa shape index (κ3) is 2.62. The summed E-state index contributed by atoms with van der Waals surface area (Å²) in [4.78, 5) is 19.1. The molecule has 0 bridgehead atoms. The number of rotatable bonds is 4. The summed E-state index contributed by atoms with van der Waals surface area (Å²) in [5.41, 5.74) is 0.411. The molecule has 0 radical (unpaired) electrons. The quantitative estimate of drug-likeness (QED) is 0.503. The Hall–Kier alpha value is -1.89. The minimum absolute atomic E-state index is 0.411. The number of nitrogens with zero attached hydrogens (tertiary/aromatic N) is 4. The molecule has 0 aliphatic heterocycles. The van der Waals surface area contributed by atoms with Crippen LogP contribution in [0.4, 0.5) is 11.6 Å². The van der Waals surface area contributed by atoms with Gasteiger partial charge in [0.15, 0.2) is 17.3 Å². The first-order chi connectivity index (χ1) is 8.22. The van der Waals surface area contributed by atoms with Crippen molar-refractivity contribution in [3.05, 3.63) is 24.0 Å². The Bertz CT molecular complexity index is 539. The Labute approximate surface area is 102 Å². The van der Waals surface area contributed by atoms with E-state index >= 15 is 0 Å². The Morgan fingerprint density at radius 1 is 1.53 bits per heavy atom. The average molecular weight is 249 g/mol. The Balaban J connectivity index is 2.32. The van der Waals surface area contributed by atoms with Gasteiger partial charge in [0.25, 0.3) is 0 Å². The van der Waals surface area contributed by atoms with Crippen molar-refractivity contribution < 1.29 is 4.79 Å². The molecule has 0 saturated heterocycles. The molecular formula is C10H11N5OS. The van der Waals surface area contributed by atoms with Gasteiger partial charge in [0.2, 0.25) is 0 Å². The van der Waals surface area contributed by atoms with Gasteiger partial charge in [-0.25, -0.2) is 9.97 Å². The summed E-state index contributed by atoms with van der Waals surface area (Å²) in [7, 11) is 1.82.